The lowest BCUT2D eigenvalue weighted by molar-refractivity contribution is -0.128. The lowest BCUT2D eigenvalue weighted by Gasteiger charge is -2.44. The summed E-state index contributed by atoms with van der Waals surface area (Å²) in [6.07, 6.45) is 2.72. The highest BCUT2D eigenvalue weighted by Crippen LogP contribution is 2.39. The zero-order valence-corrected chi connectivity index (χ0v) is 21.7. The average molecular weight is 526 g/mol. The summed E-state index contributed by atoms with van der Waals surface area (Å²) in [5.41, 5.74) is 1.11. The molecule has 0 saturated carbocycles. The average Bonchev–Trinajstić information content (AvgIpc) is 3.56. The van der Waals surface area contributed by atoms with Crippen LogP contribution in [0.5, 0.6) is 0 Å². The molecule has 0 aliphatic carbocycles. The fourth-order valence-corrected chi connectivity index (χ4v) is 5.59. The van der Waals surface area contributed by atoms with Gasteiger partial charge in [0.1, 0.15) is 11.8 Å². The summed E-state index contributed by atoms with van der Waals surface area (Å²) in [4.78, 5) is 43.6. The Morgan fingerprint density at radius 3 is 2.49 bits per heavy atom. The van der Waals surface area contributed by atoms with Crippen molar-refractivity contribution in [3.8, 4) is 0 Å². The molecule has 0 bridgehead atoms. The van der Waals surface area contributed by atoms with Crippen LogP contribution in [-0.4, -0.2) is 78.2 Å². The van der Waals surface area contributed by atoms with Gasteiger partial charge in [-0.25, -0.2) is 0 Å². The molecule has 3 aliphatic rings. The number of carbonyl (C=O) groups is 3. The maximum absolute atomic E-state index is 13.8. The Balaban J connectivity index is 1.34. The SMILES string of the molecule is Cc1ccc(C(=O)N2[C@H](C(=O)NC[C@@H]3CCCO3)COC23CCN(C(=O)c2cccc(Cl)c2)CC3)cc1. The van der Waals surface area contributed by atoms with E-state index >= 15 is 0 Å². The first-order valence-electron chi connectivity index (χ1n) is 12.8. The van der Waals surface area contributed by atoms with Gasteiger partial charge in [-0.2, -0.15) is 0 Å². The molecule has 5 rings (SSSR count). The molecule has 3 aliphatic heterocycles. The first-order chi connectivity index (χ1) is 17.9. The van der Waals surface area contributed by atoms with Gasteiger partial charge in [-0.05, 0) is 50.1 Å². The lowest BCUT2D eigenvalue weighted by Crippen LogP contribution is -2.60. The van der Waals surface area contributed by atoms with Crippen LogP contribution in [0.4, 0.5) is 0 Å². The predicted octanol–water partition coefficient (Wildman–Crippen LogP) is 3.42. The molecule has 3 amide bonds. The number of nitrogens with zero attached hydrogens (tertiary/aromatic N) is 2. The normalized spacial score (nSPS) is 22.9. The maximum Gasteiger partial charge on any atom is 0.256 e. The standard InChI is InChI=1S/C28H32ClN3O5/c1-19-7-9-20(10-8-19)27(35)32-24(25(33)30-17-23-6-3-15-36-23)18-37-28(32)11-13-31(14-12-28)26(34)21-4-2-5-22(29)16-21/h2,4-5,7-10,16,23-24H,3,6,11-15,17-18H2,1H3,(H,30,33)/t23-,24-/m0/s1. The number of amides is 3. The largest absolute Gasteiger partial charge is 0.376 e. The van der Waals surface area contributed by atoms with Crippen molar-refractivity contribution in [2.75, 3.05) is 32.8 Å². The van der Waals surface area contributed by atoms with Crippen molar-refractivity contribution in [2.24, 2.45) is 0 Å². The van der Waals surface area contributed by atoms with Crippen molar-refractivity contribution in [1.29, 1.82) is 0 Å². The number of hydrogen-bond donors (Lipinski definition) is 1. The van der Waals surface area contributed by atoms with E-state index in [1.54, 1.807) is 46.2 Å². The van der Waals surface area contributed by atoms with Gasteiger partial charge in [0.25, 0.3) is 11.8 Å². The van der Waals surface area contributed by atoms with Gasteiger partial charge in [0.2, 0.25) is 5.91 Å². The van der Waals surface area contributed by atoms with E-state index in [1.807, 2.05) is 19.1 Å². The third-order valence-electron chi connectivity index (χ3n) is 7.51. The molecule has 3 heterocycles. The van der Waals surface area contributed by atoms with Crippen LogP contribution in [0.1, 0.15) is 52.0 Å². The summed E-state index contributed by atoms with van der Waals surface area (Å²) in [5.74, 6) is -0.604. The smallest absolute Gasteiger partial charge is 0.256 e. The Bertz CT molecular complexity index is 1160. The van der Waals surface area contributed by atoms with Crippen molar-refractivity contribution in [3.63, 3.8) is 0 Å². The molecule has 0 radical (unpaired) electrons. The second kappa shape index (κ2) is 10.8. The van der Waals surface area contributed by atoms with Gasteiger partial charge in [0, 0.05) is 55.2 Å². The summed E-state index contributed by atoms with van der Waals surface area (Å²) in [7, 11) is 0. The van der Waals surface area contributed by atoms with Gasteiger partial charge < -0.3 is 19.7 Å². The molecule has 8 nitrogen and oxygen atoms in total. The molecule has 2 aromatic carbocycles. The summed E-state index contributed by atoms with van der Waals surface area (Å²) in [6.45, 7) is 3.98. The molecule has 1 spiro atoms. The van der Waals surface area contributed by atoms with Crippen LogP contribution < -0.4 is 5.32 Å². The van der Waals surface area contributed by atoms with E-state index in [9.17, 15) is 14.4 Å². The molecular weight excluding hydrogens is 494 g/mol. The molecule has 0 aromatic heterocycles. The summed E-state index contributed by atoms with van der Waals surface area (Å²) in [5, 5.41) is 3.48. The van der Waals surface area contributed by atoms with Crippen LogP contribution in [0.15, 0.2) is 48.5 Å². The van der Waals surface area contributed by atoms with Crippen molar-refractivity contribution >= 4 is 29.3 Å². The molecule has 196 valence electrons. The number of nitrogens with one attached hydrogen (secondary N) is 1. The molecule has 3 saturated heterocycles. The number of benzene rings is 2. The van der Waals surface area contributed by atoms with Gasteiger partial charge >= 0.3 is 0 Å². The highest BCUT2D eigenvalue weighted by molar-refractivity contribution is 6.30. The van der Waals surface area contributed by atoms with E-state index in [-0.39, 0.29) is 30.4 Å². The Kier molecular flexibility index (Phi) is 7.51. The van der Waals surface area contributed by atoms with Crippen molar-refractivity contribution < 1.29 is 23.9 Å². The predicted molar refractivity (Wildman–Crippen MR) is 138 cm³/mol. The van der Waals surface area contributed by atoms with Crippen LogP contribution >= 0.6 is 11.6 Å². The molecule has 37 heavy (non-hydrogen) atoms. The van der Waals surface area contributed by atoms with Crippen LogP contribution in [-0.2, 0) is 14.3 Å². The Hall–Kier alpha value is -2.94. The van der Waals surface area contributed by atoms with E-state index in [0.29, 0.717) is 55.2 Å². The Morgan fingerprint density at radius 2 is 1.81 bits per heavy atom. The van der Waals surface area contributed by atoms with Crippen molar-refractivity contribution in [3.05, 3.63) is 70.2 Å². The van der Waals surface area contributed by atoms with E-state index < -0.39 is 11.8 Å². The van der Waals surface area contributed by atoms with Crippen molar-refractivity contribution in [2.45, 2.75) is 50.5 Å². The van der Waals surface area contributed by atoms with E-state index in [2.05, 4.69) is 5.32 Å². The number of likely N-dealkylation sites (tertiary alicyclic amines) is 1. The Labute approximate surface area is 221 Å². The maximum atomic E-state index is 13.8. The van der Waals surface area contributed by atoms with Crippen LogP contribution in [0.3, 0.4) is 0 Å². The molecule has 2 atom stereocenters. The topological polar surface area (TPSA) is 88.2 Å². The third-order valence-corrected chi connectivity index (χ3v) is 7.75. The first kappa shape index (κ1) is 25.7. The number of ether oxygens (including phenoxy) is 2. The first-order valence-corrected chi connectivity index (χ1v) is 13.2. The highest BCUT2D eigenvalue weighted by atomic mass is 35.5. The molecule has 0 unspecified atom stereocenters. The van der Waals surface area contributed by atoms with E-state index in [0.717, 1.165) is 18.4 Å². The second-order valence-electron chi connectivity index (χ2n) is 10.00. The van der Waals surface area contributed by atoms with Gasteiger partial charge in [-0.15, -0.1) is 0 Å². The van der Waals surface area contributed by atoms with Gasteiger partial charge in [-0.3, -0.25) is 19.3 Å². The summed E-state index contributed by atoms with van der Waals surface area (Å²) >= 11 is 6.08. The minimum atomic E-state index is -0.959. The van der Waals surface area contributed by atoms with Gasteiger partial charge in [-0.1, -0.05) is 35.4 Å². The minimum Gasteiger partial charge on any atom is -0.376 e. The molecule has 2 aromatic rings. The van der Waals surface area contributed by atoms with Crippen LogP contribution in [0.2, 0.25) is 5.02 Å². The number of aryl methyl sites for hydroxylation is 1. The molecular formula is C28H32ClN3O5. The number of hydrogen-bond acceptors (Lipinski definition) is 5. The summed E-state index contributed by atoms with van der Waals surface area (Å²) < 4.78 is 11.9. The monoisotopic (exact) mass is 525 g/mol. The van der Waals surface area contributed by atoms with E-state index in [1.165, 1.54) is 0 Å². The number of halogens is 1. The van der Waals surface area contributed by atoms with Gasteiger partial charge in [0.05, 0.1) is 12.7 Å². The van der Waals surface area contributed by atoms with Crippen molar-refractivity contribution in [1.82, 2.24) is 15.1 Å². The second-order valence-corrected chi connectivity index (χ2v) is 10.4. The van der Waals surface area contributed by atoms with Gasteiger partial charge in [0.15, 0.2) is 0 Å². The molecule has 9 heteroatoms. The number of rotatable bonds is 5. The minimum absolute atomic E-state index is 0.00206. The fraction of sp³-hybridized carbons (Fsp3) is 0.464. The lowest BCUT2D eigenvalue weighted by atomic mass is 9.96. The number of carbonyl (C=O) groups excluding carboxylic acids is 3. The molecule has 1 N–H and O–H groups in total. The van der Waals surface area contributed by atoms with Crippen LogP contribution in [0, 0.1) is 6.92 Å². The fourth-order valence-electron chi connectivity index (χ4n) is 5.40. The third kappa shape index (κ3) is 5.37. The van der Waals surface area contributed by atoms with Crippen LogP contribution in [0.25, 0.3) is 0 Å². The zero-order valence-electron chi connectivity index (χ0n) is 21.0. The molecule has 3 fully saturated rings. The quantitative estimate of drug-likeness (QED) is 0.646. The zero-order chi connectivity index (χ0) is 26.0. The van der Waals surface area contributed by atoms with E-state index in [4.69, 9.17) is 21.1 Å². The number of piperidine rings is 1. The Morgan fingerprint density at radius 1 is 1.05 bits per heavy atom. The summed E-state index contributed by atoms with van der Waals surface area (Å²) in [6, 6.07) is 13.5. The highest BCUT2D eigenvalue weighted by Gasteiger charge is 2.54.